The van der Waals surface area contributed by atoms with E-state index in [1.807, 2.05) is 6.07 Å². The average Bonchev–Trinajstić information content (AvgIpc) is 2.18. The standard InChI is InChI=1S/C10H16N2O/c1-3-4-10(11)8-5-9(13-2)7-12-6-8/h5-7,10H,3-4,11H2,1-2H3. The summed E-state index contributed by atoms with van der Waals surface area (Å²) in [5.74, 6) is 0.768. The van der Waals surface area contributed by atoms with E-state index in [1.54, 1.807) is 19.5 Å². The SMILES string of the molecule is CCCC(N)c1cncc(OC)c1. The number of nitrogens with two attached hydrogens (primary N) is 1. The van der Waals surface area contributed by atoms with Crippen LogP contribution in [0, 0.1) is 0 Å². The molecule has 0 aromatic carbocycles. The maximum atomic E-state index is 5.93. The Morgan fingerprint density at radius 2 is 2.31 bits per heavy atom. The van der Waals surface area contributed by atoms with Crippen molar-refractivity contribution in [2.75, 3.05) is 7.11 Å². The molecule has 0 radical (unpaired) electrons. The first-order chi connectivity index (χ1) is 6.27. The highest BCUT2D eigenvalue weighted by molar-refractivity contribution is 5.25. The molecule has 0 amide bonds. The average molecular weight is 180 g/mol. The first kappa shape index (κ1) is 9.99. The molecule has 0 spiro atoms. The van der Waals surface area contributed by atoms with Crippen molar-refractivity contribution < 1.29 is 4.74 Å². The molecule has 72 valence electrons. The highest BCUT2D eigenvalue weighted by Crippen LogP contribution is 2.18. The van der Waals surface area contributed by atoms with Crippen LogP contribution >= 0.6 is 0 Å². The van der Waals surface area contributed by atoms with E-state index < -0.39 is 0 Å². The number of pyridine rings is 1. The van der Waals surface area contributed by atoms with Gasteiger partial charge in [-0.3, -0.25) is 4.98 Å². The van der Waals surface area contributed by atoms with Gasteiger partial charge in [0.1, 0.15) is 5.75 Å². The Morgan fingerprint density at radius 1 is 1.54 bits per heavy atom. The summed E-state index contributed by atoms with van der Waals surface area (Å²) in [6.45, 7) is 2.12. The van der Waals surface area contributed by atoms with E-state index in [0.717, 1.165) is 24.2 Å². The van der Waals surface area contributed by atoms with Crippen LogP contribution in [0.1, 0.15) is 31.4 Å². The first-order valence-corrected chi connectivity index (χ1v) is 4.52. The fourth-order valence-electron chi connectivity index (χ4n) is 1.23. The molecule has 1 aromatic rings. The second kappa shape index (κ2) is 4.82. The molecule has 1 atom stereocenters. The highest BCUT2D eigenvalue weighted by atomic mass is 16.5. The van der Waals surface area contributed by atoms with Crippen LogP contribution in [0.15, 0.2) is 18.5 Å². The summed E-state index contributed by atoms with van der Waals surface area (Å²) in [6.07, 6.45) is 5.54. The molecular formula is C10H16N2O. The molecule has 0 fully saturated rings. The monoisotopic (exact) mass is 180 g/mol. The van der Waals surface area contributed by atoms with Crippen LogP contribution in [0.3, 0.4) is 0 Å². The fourth-order valence-corrected chi connectivity index (χ4v) is 1.23. The molecular weight excluding hydrogens is 164 g/mol. The van der Waals surface area contributed by atoms with Crippen LogP contribution < -0.4 is 10.5 Å². The van der Waals surface area contributed by atoms with Crippen molar-refractivity contribution in [3.8, 4) is 5.75 Å². The van der Waals surface area contributed by atoms with E-state index in [4.69, 9.17) is 10.5 Å². The Morgan fingerprint density at radius 3 is 2.92 bits per heavy atom. The number of aromatic nitrogens is 1. The Kier molecular flexibility index (Phi) is 3.71. The lowest BCUT2D eigenvalue weighted by Crippen LogP contribution is -2.10. The minimum atomic E-state index is 0.0765. The molecule has 1 unspecified atom stereocenters. The zero-order valence-corrected chi connectivity index (χ0v) is 8.16. The number of hydrogen-bond acceptors (Lipinski definition) is 3. The largest absolute Gasteiger partial charge is 0.495 e. The lowest BCUT2D eigenvalue weighted by Gasteiger charge is -2.10. The quantitative estimate of drug-likeness (QED) is 0.769. The zero-order chi connectivity index (χ0) is 9.68. The van der Waals surface area contributed by atoms with Crippen LogP contribution in [-0.2, 0) is 0 Å². The molecule has 0 bridgehead atoms. The maximum Gasteiger partial charge on any atom is 0.137 e. The fraction of sp³-hybridized carbons (Fsp3) is 0.500. The number of nitrogens with zero attached hydrogens (tertiary/aromatic N) is 1. The number of rotatable bonds is 4. The summed E-state index contributed by atoms with van der Waals surface area (Å²) >= 11 is 0. The molecule has 3 heteroatoms. The highest BCUT2D eigenvalue weighted by Gasteiger charge is 2.05. The van der Waals surface area contributed by atoms with Gasteiger partial charge < -0.3 is 10.5 Å². The lowest BCUT2D eigenvalue weighted by molar-refractivity contribution is 0.411. The van der Waals surface area contributed by atoms with Crippen molar-refractivity contribution in [1.82, 2.24) is 4.98 Å². The van der Waals surface area contributed by atoms with Gasteiger partial charge in [-0.1, -0.05) is 13.3 Å². The van der Waals surface area contributed by atoms with Crippen molar-refractivity contribution in [2.45, 2.75) is 25.8 Å². The van der Waals surface area contributed by atoms with Crippen LogP contribution in [-0.4, -0.2) is 12.1 Å². The summed E-state index contributed by atoms with van der Waals surface area (Å²) in [7, 11) is 1.63. The summed E-state index contributed by atoms with van der Waals surface area (Å²) < 4.78 is 5.07. The van der Waals surface area contributed by atoms with Crippen molar-refractivity contribution in [2.24, 2.45) is 5.73 Å². The van der Waals surface area contributed by atoms with E-state index >= 15 is 0 Å². The zero-order valence-electron chi connectivity index (χ0n) is 8.16. The van der Waals surface area contributed by atoms with Crippen LogP contribution in [0.4, 0.5) is 0 Å². The normalized spacial score (nSPS) is 12.5. The van der Waals surface area contributed by atoms with Crippen LogP contribution in [0.2, 0.25) is 0 Å². The minimum absolute atomic E-state index is 0.0765. The number of ether oxygens (including phenoxy) is 1. The molecule has 1 aromatic heterocycles. The van der Waals surface area contributed by atoms with E-state index in [1.165, 1.54) is 0 Å². The van der Waals surface area contributed by atoms with Crippen molar-refractivity contribution >= 4 is 0 Å². The molecule has 0 saturated carbocycles. The predicted molar refractivity (Wildman–Crippen MR) is 52.6 cm³/mol. The van der Waals surface area contributed by atoms with Gasteiger partial charge in [0.05, 0.1) is 13.3 Å². The summed E-state index contributed by atoms with van der Waals surface area (Å²) in [5, 5.41) is 0. The Hall–Kier alpha value is -1.09. The molecule has 13 heavy (non-hydrogen) atoms. The second-order valence-electron chi connectivity index (χ2n) is 3.05. The van der Waals surface area contributed by atoms with Gasteiger partial charge in [-0.2, -0.15) is 0 Å². The molecule has 0 aliphatic heterocycles. The second-order valence-corrected chi connectivity index (χ2v) is 3.05. The third-order valence-corrected chi connectivity index (χ3v) is 2.00. The molecule has 1 rings (SSSR count). The van der Waals surface area contributed by atoms with Crippen molar-refractivity contribution in [1.29, 1.82) is 0 Å². The van der Waals surface area contributed by atoms with Gasteiger partial charge in [0.15, 0.2) is 0 Å². The Bertz CT molecular complexity index is 263. The van der Waals surface area contributed by atoms with E-state index in [-0.39, 0.29) is 6.04 Å². The number of methoxy groups -OCH3 is 1. The van der Waals surface area contributed by atoms with Crippen molar-refractivity contribution in [3.05, 3.63) is 24.0 Å². The van der Waals surface area contributed by atoms with Gasteiger partial charge in [-0.25, -0.2) is 0 Å². The molecule has 2 N–H and O–H groups in total. The summed E-state index contributed by atoms with van der Waals surface area (Å²) in [6, 6.07) is 2.01. The van der Waals surface area contributed by atoms with Gasteiger partial charge in [0.25, 0.3) is 0 Å². The molecule has 0 aliphatic rings. The number of hydrogen-bond donors (Lipinski definition) is 1. The summed E-state index contributed by atoms with van der Waals surface area (Å²) in [4.78, 5) is 4.05. The molecule has 3 nitrogen and oxygen atoms in total. The Labute approximate surface area is 78.9 Å². The van der Waals surface area contributed by atoms with Gasteiger partial charge >= 0.3 is 0 Å². The molecule has 1 heterocycles. The predicted octanol–water partition coefficient (Wildman–Crippen LogP) is 1.89. The summed E-state index contributed by atoms with van der Waals surface area (Å²) in [5.41, 5.74) is 6.98. The lowest BCUT2D eigenvalue weighted by atomic mass is 10.1. The molecule has 0 aliphatic carbocycles. The van der Waals surface area contributed by atoms with E-state index in [9.17, 15) is 0 Å². The van der Waals surface area contributed by atoms with Gasteiger partial charge in [-0.05, 0) is 18.1 Å². The molecule has 0 saturated heterocycles. The minimum Gasteiger partial charge on any atom is -0.495 e. The van der Waals surface area contributed by atoms with Crippen molar-refractivity contribution in [3.63, 3.8) is 0 Å². The van der Waals surface area contributed by atoms with Crippen LogP contribution in [0.5, 0.6) is 5.75 Å². The maximum absolute atomic E-state index is 5.93. The van der Waals surface area contributed by atoms with Crippen LogP contribution in [0.25, 0.3) is 0 Å². The van der Waals surface area contributed by atoms with Gasteiger partial charge in [-0.15, -0.1) is 0 Å². The van der Waals surface area contributed by atoms with Gasteiger partial charge in [0.2, 0.25) is 0 Å². The third-order valence-electron chi connectivity index (χ3n) is 2.00. The third kappa shape index (κ3) is 2.70. The smallest absolute Gasteiger partial charge is 0.137 e. The van der Waals surface area contributed by atoms with E-state index in [2.05, 4.69) is 11.9 Å². The van der Waals surface area contributed by atoms with Gasteiger partial charge in [0, 0.05) is 12.2 Å². The Balaban J connectivity index is 2.75. The first-order valence-electron chi connectivity index (χ1n) is 4.52. The van der Waals surface area contributed by atoms with E-state index in [0.29, 0.717) is 0 Å². The topological polar surface area (TPSA) is 48.1 Å².